The molecule has 2 aromatic carbocycles. The van der Waals surface area contributed by atoms with E-state index in [1.54, 1.807) is 12.1 Å². The fourth-order valence-electron chi connectivity index (χ4n) is 3.71. The molecule has 1 amide bonds. The van der Waals surface area contributed by atoms with E-state index in [2.05, 4.69) is 22.4 Å². The van der Waals surface area contributed by atoms with Crippen LogP contribution in [0.25, 0.3) is 22.4 Å². The third kappa shape index (κ3) is 3.24. The molecule has 4 aromatic rings. The van der Waals surface area contributed by atoms with E-state index in [1.165, 1.54) is 6.26 Å². The Morgan fingerprint density at radius 1 is 1.07 bits per heavy atom. The lowest BCUT2D eigenvalue weighted by atomic mass is 10.1. The van der Waals surface area contributed by atoms with Crippen LogP contribution < -0.4 is 15.8 Å². The van der Waals surface area contributed by atoms with Crippen molar-refractivity contribution >= 4 is 22.5 Å². The van der Waals surface area contributed by atoms with Crippen LogP contribution in [-0.4, -0.2) is 22.5 Å². The van der Waals surface area contributed by atoms with Gasteiger partial charge in [0.05, 0.1) is 17.7 Å². The van der Waals surface area contributed by atoms with Crippen molar-refractivity contribution in [1.29, 1.82) is 0 Å². The number of benzene rings is 2. The summed E-state index contributed by atoms with van der Waals surface area (Å²) >= 11 is 0. The van der Waals surface area contributed by atoms with Crippen molar-refractivity contribution in [2.45, 2.75) is 19.4 Å². The maximum atomic E-state index is 11.7. The number of primary amides is 1. The van der Waals surface area contributed by atoms with Crippen molar-refractivity contribution < 1.29 is 13.9 Å². The van der Waals surface area contributed by atoms with Gasteiger partial charge in [-0.05, 0) is 24.5 Å². The number of amides is 1. The Kier molecular flexibility index (Phi) is 4.55. The number of furan rings is 1. The Morgan fingerprint density at radius 2 is 1.93 bits per heavy atom. The van der Waals surface area contributed by atoms with Crippen molar-refractivity contribution in [3.63, 3.8) is 0 Å². The van der Waals surface area contributed by atoms with E-state index >= 15 is 0 Å². The summed E-state index contributed by atoms with van der Waals surface area (Å²) in [6.45, 7) is 1.25. The van der Waals surface area contributed by atoms with Crippen molar-refractivity contribution in [3.05, 3.63) is 71.5 Å². The number of hydrogen-bond donors (Lipinski definition) is 2. The summed E-state index contributed by atoms with van der Waals surface area (Å²) in [7, 11) is 0. The first-order valence-electron chi connectivity index (χ1n) is 9.82. The number of aromatic nitrogens is 2. The van der Waals surface area contributed by atoms with E-state index in [0.717, 1.165) is 35.2 Å². The second-order valence-electron chi connectivity index (χ2n) is 7.17. The van der Waals surface area contributed by atoms with Crippen molar-refractivity contribution in [2.75, 3.05) is 11.9 Å². The molecule has 0 bridgehead atoms. The quantitative estimate of drug-likeness (QED) is 0.526. The average molecular weight is 400 g/mol. The van der Waals surface area contributed by atoms with Gasteiger partial charge in [-0.1, -0.05) is 42.5 Å². The van der Waals surface area contributed by atoms with Crippen LogP contribution in [0.15, 0.2) is 59.2 Å². The number of carbonyl (C=O) groups is 1. The highest BCUT2D eigenvalue weighted by Gasteiger charge is 2.23. The molecule has 1 aliphatic rings. The Bertz CT molecular complexity index is 1230. The Hall–Kier alpha value is -3.87. The van der Waals surface area contributed by atoms with Crippen molar-refractivity contribution in [1.82, 2.24) is 9.97 Å². The lowest BCUT2D eigenvalue weighted by Crippen LogP contribution is -2.15. The maximum absolute atomic E-state index is 11.7. The fraction of sp³-hybridized carbons (Fsp3) is 0.174. The molecule has 0 spiro atoms. The second-order valence-corrected chi connectivity index (χ2v) is 7.17. The second kappa shape index (κ2) is 7.51. The average Bonchev–Trinajstić information content (AvgIpc) is 3.22. The Balaban J connectivity index is 1.58. The monoisotopic (exact) mass is 400 g/mol. The van der Waals surface area contributed by atoms with Crippen LogP contribution in [0, 0.1) is 0 Å². The highest BCUT2D eigenvalue weighted by atomic mass is 16.5. The molecule has 0 atom stereocenters. The summed E-state index contributed by atoms with van der Waals surface area (Å²) in [5.41, 5.74) is 8.02. The third-order valence-corrected chi connectivity index (χ3v) is 5.20. The molecular weight excluding hydrogens is 380 g/mol. The number of nitrogens with one attached hydrogen (secondary N) is 1. The number of hydrogen-bond acceptors (Lipinski definition) is 6. The van der Waals surface area contributed by atoms with E-state index in [-0.39, 0.29) is 0 Å². The van der Waals surface area contributed by atoms with E-state index in [9.17, 15) is 4.79 Å². The summed E-state index contributed by atoms with van der Waals surface area (Å²) in [4.78, 5) is 21.1. The maximum Gasteiger partial charge on any atom is 0.249 e. The molecule has 0 aliphatic carbocycles. The summed E-state index contributed by atoms with van der Waals surface area (Å²) in [5.74, 6) is 1.68. The lowest BCUT2D eigenvalue weighted by Gasteiger charge is -2.20. The van der Waals surface area contributed by atoms with Crippen LogP contribution in [0.3, 0.4) is 0 Å². The molecule has 0 saturated heterocycles. The molecule has 0 fully saturated rings. The molecule has 7 heteroatoms. The number of rotatable bonds is 5. The van der Waals surface area contributed by atoms with Crippen LogP contribution >= 0.6 is 0 Å². The minimum Gasteiger partial charge on any atom is -0.477 e. The van der Waals surface area contributed by atoms with Crippen LogP contribution in [0.1, 0.15) is 27.9 Å². The van der Waals surface area contributed by atoms with Gasteiger partial charge in [-0.25, -0.2) is 4.98 Å². The van der Waals surface area contributed by atoms with Gasteiger partial charge in [-0.2, -0.15) is 4.98 Å². The molecule has 30 heavy (non-hydrogen) atoms. The smallest absolute Gasteiger partial charge is 0.249 e. The van der Waals surface area contributed by atoms with Gasteiger partial charge in [0.15, 0.2) is 5.76 Å². The largest absolute Gasteiger partial charge is 0.477 e. The number of carbonyl (C=O) groups excluding carboxylic acids is 1. The van der Waals surface area contributed by atoms with Crippen molar-refractivity contribution in [2.24, 2.45) is 5.73 Å². The van der Waals surface area contributed by atoms with Crippen molar-refractivity contribution in [3.8, 4) is 17.5 Å². The first-order chi connectivity index (χ1) is 14.7. The SMILES string of the molecule is NC(=O)c1cccc2c(-c3nc(NCc4ccccc4)c4c(n3)OCCC4)occ12. The highest BCUT2D eigenvalue weighted by Crippen LogP contribution is 2.35. The minimum absolute atomic E-state index is 0.402. The lowest BCUT2D eigenvalue weighted by molar-refractivity contribution is 0.100. The number of nitrogens with zero attached hydrogens (tertiary/aromatic N) is 2. The molecule has 0 saturated carbocycles. The van der Waals surface area contributed by atoms with Gasteiger partial charge in [0.25, 0.3) is 0 Å². The van der Waals surface area contributed by atoms with Gasteiger partial charge in [0.2, 0.25) is 17.6 Å². The van der Waals surface area contributed by atoms with Crippen LogP contribution in [0.2, 0.25) is 0 Å². The summed E-state index contributed by atoms with van der Waals surface area (Å²) in [6.07, 6.45) is 3.28. The minimum atomic E-state index is -0.507. The van der Waals surface area contributed by atoms with Gasteiger partial charge in [-0.15, -0.1) is 0 Å². The van der Waals surface area contributed by atoms with Crippen LogP contribution in [0.4, 0.5) is 5.82 Å². The van der Waals surface area contributed by atoms with E-state index < -0.39 is 5.91 Å². The molecule has 7 nitrogen and oxygen atoms in total. The molecule has 0 radical (unpaired) electrons. The first-order valence-corrected chi connectivity index (χ1v) is 9.82. The number of ether oxygens (including phenoxy) is 1. The highest BCUT2D eigenvalue weighted by molar-refractivity contribution is 6.08. The van der Waals surface area contributed by atoms with Crippen LogP contribution in [0.5, 0.6) is 5.88 Å². The molecule has 2 aromatic heterocycles. The fourth-order valence-corrected chi connectivity index (χ4v) is 3.71. The van der Waals surface area contributed by atoms with E-state index in [0.29, 0.717) is 41.6 Å². The summed E-state index contributed by atoms with van der Waals surface area (Å²) < 4.78 is 11.6. The van der Waals surface area contributed by atoms with Gasteiger partial charge in [-0.3, -0.25) is 4.79 Å². The van der Waals surface area contributed by atoms with Crippen LogP contribution in [-0.2, 0) is 13.0 Å². The zero-order valence-electron chi connectivity index (χ0n) is 16.2. The normalized spacial score (nSPS) is 12.9. The standard InChI is InChI=1S/C23H20N4O3/c24-20(28)16-9-4-8-15-18(16)13-30-19(15)22-26-21(17-10-5-11-29-23(17)27-22)25-12-14-6-2-1-3-7-14/h1-4,6-9,13H,5,10-12H2,(H2,24,28)(H,25,26,27). The van der Waals surface area contributed by atoms with Gasteiger partial charge in [0.1, 0.15) is 12.1 Å². The topological polar surface area (TPSA) is 103 Å². The van der Waals surface area contributed by atoms with Gasteiger partial charge < -0.3 is 20.2 Å². The Morgan fingerprint density at radius 3 is 2.77 bits per heavy atom. The number of nitrogens with two attached hydrogens (primary N) is 1. The van der Waals surface area contributed by atoms with E-state index in [1.807, 2.05) is 24.3 Å². The molecule has 3 N–H and O–H groups in total. The predicted molar refractivity (Wildman–Crippen MR) is 113 cm³/mol. The third-order valence-electron chi connectivity index (χ3n) is 5.20. The number of anilines is 1. The summed E-state index contributed by atoms with van der Waals surface area (Å²) in [6, 6.07) is 15.4. The molecule has 150 valence electrons. The first kappa shape index (κ1) is 18.2. The predicted octanol–water partition coefficient (Wildman–Crippen LogP) is 3.93. The molecule has 5 rings (SSSR count). The molecule has 3 heterocycles. The zero-order chi connectivity index (χ0) is 20.5. The van der Waals surface area contributed by atoms with Gasteiger partial charge in [0, 0.05) is 17.3 Å². The molecule has 0 unspecified atom stereocenters. The zero-order valence-corrected chi connectivity index (χ0v) is 16.2. The summed E-state index contributed by atoms with van der Waals surface area (Å²) in [5, 5.41) is 4.79. The Labute approximate surface area is 172 Å². The van der Waals surface area contributed by atoms with Gasteiger partial charge >= 0.3 is 0 Å². The molecular formula is C23H20N4O3. The molecule has 1 aliphatic heterocycles. The number of fused-ring (bicyclic) bond motifs is 2. The van der Waals surface area contributed by atoms with E-state index in [4.69, 9.17) is 19.9 Å².